The lowest BCUT2D eigenvalue weighted by Gasteiger charge is -2.17. The number of hydrogen-bond donors (Lipinski definition) is 0. The summed E-state index contributed by atoms with van der Waals surface area (Å²) >= 11 is 12.2. The molecule has 0 spiro atoms. The van der Waals surface area contributed by atoms with Crippen LogP contribution < -0.4 is 0 Å². The molecule has 1 atom stereocenters. The molecule has 0 aliphatic rings. The van der Waals surface area contributed by atoms with Crippen LogP contribution in [0.15, 0.2) is 48.7 Å². The zero-order valence-electron chi connectivity index (χ0n) is 14.1. The Morgan fingerprint density at radius 3 is 2.33 bits per heavy atom. The monoisotopic (exact) mass is 358 g/mol. The van der Waals surface area contributed by atoms with Gasteiger partial charge in [0.25, 0.3) is 0 Å². The van der Waals surface area contributed by atoms with Crippen molar-refractivity contribution in [3.8, 4) is 16.8 Å². The van der Waals surface area contributed by atoms with Gasteiger partial charge in [0.15, 0.2) is 0 Å². The highest BCUT2D eigenvalue weighted by Crippen LogP contribution is 2.33. The minimum absolute atomic E-state index is 0.465. The number of hydrogen-bond acceptors (Lipinski definition) is 1. The maximum atomic E-state index is 6.18. The Labute approximate surface area is 153 Å². The van der Waals surface area contributed by atoms with Crippen LogP contribution >= 0.6 is 23.2 Å². The van der Waals surface area contributed by atoms with Crippen molar-refractivity contribution >= 4 is 23.2 Å². The van der Waals surface area contributed by atoms with Crippen LogP contribution in [0.1, 0.15) is 37.4 Å². The summed E-state index contributed by atoms with van der Waals surface area (Å²) in [4.78, 5) is 0. The first kappa shape index (κ1) is 17.1. The lowest BCUT2D eigenvalue weighted by molar-refractivity contribution is 0.716. The molecule has 0 bridgehead atoms. The summed E-state index contributed by atoms with van der Waals surface area (Å²) in [5.74, 6) is 0.465. The number of benzene rings is 2. The van der Waals surface area contributed by atoms with E-state index in [2.05, 4.69) is 37.1 Å². The van der Waals surface area contributed by atoms with Gasteiger partial charge in [-0.2, -0.15) is 5.10 Å². The molecule has 2 aromatic carbocycles. The third-order valence-electron chi connectivity index (χ3n) is 4.40. The van der Waals surface area contributed by atoms with E-state index in [-0.39, 0.29) is 0 Å². The van der Waals surface area contributed by atoms with Crippen LogP contribution in [-0.2, 0) is 0 Å². The van der Waals surface area contributed by atoms with Crippen molar-refractivity contribution in [2.45, 2.75) is 33.1 Å². The van der Waals surface area contributed by atoms with Gasteiger partial charge in [-0.1, -0.05) is 55.2 Å². The van der Waals surface area contributed by atoms with Crippen LogP contribution in [0.25, 0.3) is 16.8 Å². The van der Waals surface area contributed by atoms with E-state index in [1.54, 1.807) is 0 Å². The summed E-state index contributed by atoms with van der Waals surface area (Å²) in [6, 6.07) is 14.3. The van der Waals surface area contributed by atoms with E-state index in [1.807, 2.05) is 42.1 Å². The van der Waals surface area contributed by atoms with Crippen molar-refractivity contribution in [2.75, 3.05) is 0 Å². The minimum atomic E-state index is 0.465. The minimum Gasteiger partial charge on any atom is -0.240 e. The Morgan fingerprint density at radius 2 is 1.71 bits per heavy atom. The molecule has 1 heterocycles. The Kier molecular flexibility index (Phi) is 4.98. The summed E-state index contributed by atoms with van der Waals surface area (Å²) in [7, 11) is 0. The van der Waals surface area contributed by atoms with Crippen LogP contribution in [0.2, 0.25) is 10.0 Å². The molecule has 4 heteroatoms. The van der Waals surface area contributed by atoms with Crippen LogP contribution in [-0.4, -0.2) is 9.78 Å². The molecule has 24 heavy (non-hydrogen) atoms. The van der Waals surface area contributed by atoms with Gasteiger partial charge in [-0.3, -0.25) is 0 Å². The van der Waals surface area contributed by atoms with E-state index in [0.717, 1.165) is 28.9 Å². The summed E-state index contributed by atoms with van der Waals surface area (Å²) in [6.07, 6.45) is 3.09. The molecule has 1 unspecified atom stereocenters. The number of nitrogens with zero attached hydrogens (tertiary/aromatic N) is 2. The summed E-state index contributed by atoms with van der Waals surface area (Å²) < 4.78 is 1.96. The highest BCUT2D eigenvalue weighted by atomic mass is 35.5. The van der Waals surface area contributed by atoms with Gasteiger partial charge < -0.3 is 0 Å². The van der Waals surface area contributed by atoms with Crippen LogP contribution in [0.5, 0.6) is 0 Å². The van der Waals surface area contributed by atoms with Crippen LogP contribution in [0, 0.1) is 6.92 Å². The SMILES string of the molecule is CCC(C)c1ccc(-c2ccc(Cl)c(Cl)c2)cc1-n1ccc(C)n1. The Bertz CT molecular complexity index is 868. The standard InChI is InChI=1S/C20H20Cl2N2/c1-4-13(2)17-7-5-16(15-6-8-18(21)19(22)11-15)12-20(17)24-10-9-14(3)23-24/h5-13H,4H2,1-3H3. The third kappa shape index (κ3) is 3.35. The topological polar surface area (TPSA) is 17.8 Å². The summed E-state index contributed by atoms with van der Waals surface area (Å²) in [6.45, 7) is 6.45. The molecule has 0 amide bonds. The first-order valence-electron chi connectivity index (χ1n) is 8.11. The van der Waals surface area contributed by atoms with Crippen molar-refractivity contribution in [1.29, 1.82) is 0 Å². The molecule has 0 N–H and O–H groups in total. The molecule has 0 aliphatic heterocycles. The maximum absolute atomic E-state index is 6.18. The lowest BCUT2D eigenvalue weighted by atomic mass is 9.94. The fraction of sp³-hybridized carbons (Fsp3) is 0.250. The molecular formula is C20H20Cl2N2. The summed E-state index contributed by atoms with van der Waals surface area (Å²) in [5, 5.41) is 5.73. The molecule has 0 radical (unpaired) electrons. The molecule has 0 saturated carbocycles. The molecule has 2 nitrogen and oxygen atoms in total. The average molecular weight is 359 g/mol. The number of aryl methyl sites for hydroxylation is 1. The van der Waals surface area contributed by atoms with Crippen molar-refractivity contribution < 1.29 is 0 Å². The second kappa shape index (κ2) is 7.00. The van der Waals surface area contributed by atoms with Crippen molar-refractivity contribution in [1.82, 2.24) is 9.78 Å². The number of rotatable bonds is 4. The summed E-state index contributed by atoms with van der Waals surface area (Å²) in [5.41, 5.74) is 5.56. The van der Waals surface area contributed by atoms with Gasteiger partial charge in [0, 0.05) is 6.20 Å². The molecule has 3 aromatic rings. The Balaban J connectivity index is 2.14. The highest BCUT2D eigenvalue weighted by molar-refractivity contribution is 6.42. The van der Waals surface area contributed by atoms with E-state index >= 15 is 0 Å². The molecular weight excluding hydrogens is 339 g/mol. The second-order valence-electron chi connectivity index (χ2n) is 6.11. The Hall–Kier alpha value is -1.77. The molecule has 0 saturated heterocycles. The molecule has 124 valence electrons. The molecule has 0 aliphatic carbocycles. The van der Waals surface area contributed by atoms with Gasteiger partial charge in [0.2, 0.25) is 0 Å². The van der Waals surface area contributed by atoms with Crippen molar-refractivity contribution in [3.05, 3.63) is 70.0 Å². The predicted octanol–water partition coefficient (Wildman–Crippen LogP) is 6.67. The molecule has 1 aromatic heterocycles. The third-order valence-corrected chi connectivity index (χ3v) is 5.13. The average Bonchev–Trinajstić information content (AvgIpc) is 3.02. The Morgan fingerprint density at radius 1 is 1.00 bits per heavy atom. The van der Waals surface area contributed by atoms with Crippen molar-refractivity contribution in [3.63, 3.8) is 0 Å². The zero-order chi connectivity index (χ0) is 17.3. The zero-order valence-corrected chi connectivity index (χ0v) is 15.6. The van der Waals surface area contributed by atoms with E-state index in [4.69, 9.17) is 23.2 Å². The molecule has 3 rings (SSSR count). The maximum Gasteiger partial charge on any atom is 0.0686 e. The normalized spacial score (nSPS) is 12.4. The van der Waals surface area contributed by atoms with Crippen LogP contribution in [0.3, 0.4) is 0 Å². The number of aromatic nitrogens is 2. The smallest absolute Gasteiger partial charge is 0.0686 e. The van der Waals surface area contributed by atoms with E-state index in [0.29, 0.717) is 16.0 Å². The van der Waals surface area contributed by atoms with Gasteiger partial charge in [-0.25, -0.2) is 4.68 Å². The van der Waals surface area contributed by atoms with Gasteiger partial charge in [-0.15, -0.1) is 0 Å². The number of halogens is 2. The van der Waals surface area contributed by atoms with Gasteiger partial charge in [-0.05, 0) is 60.2 Å². The van der Waals surface area contributed by atoms with Gasteiger partial charge in [0.1, 0.15) is 0 Å². The highest BCUT2D eigenvalue weighted by Gasteiger charge is 2.13. The predicted molar refractivity (Wildman–Crippen MR) is 102 cm³/mol. The first-order chi connectivity index (χ1) is 11.5. The quantitative estimate of drug-likeness (QED) is 0.509. The first-order valence-corrected chi connectivity index (χ1v) is 8.87. The largest absolute Gasteiger partial charge is 0.240 e. The van der Waals surface area contributed by atoms with E-state index in [9.17, 15) is 0 Å². The molecule has 0 fully saturated rings. The van der Waals surface area contributed by atoms with Gasteiger partial charge >= 0.3 is 0 Å². The fourth-order valence-electron chi connectivity index (χ4n) is 2.78. The lowest BCUT2D eigenvalue weighted by Crippen LogP contribution is -2.04. The van der Waals surface area contributed by atoms with Gasteiger partial charge in [0.05, 0.1) is 21.4 Å². The van der Waals surface area contributed by atoms with Crippen LogP contribution in [0.4, 0.5) is 0 Å². The van der Waals surface area contributed by atoms with E-state index < -0.39 is 0 Å². The second-order valence-corrected chi connectivity index (χ2v) is 6.93. The van der Waals surface area contributed by atoms with E-state index in [1.165, 1.54) is 5.56 Å². The van der Waals surface area contributed by atoms with Crippen molar-refractivity contribution in [2.24, 2.45) is 0 Å². The fourth-order valence-corrected chi connectivity index (χ4v) is 3.08.